The molecule has 1 aromatic carbocycles. The SMILES string of the molecule is C=CCN(c1cc(CNCC)nc2ccccc12)C(C)C. The van der Waals surface area contributed by atoms with Crippen molar-refractivity contribution in [3.63, 3.8) is 0 Å². The van der Waals surface area contributed by atoms with Crippen molar-refractivity contribution in [1.29, 1.82) is 0 Å². The number of fused-ring (bicyclic) bond motifs is 1. The number of rotatable bonds is 7. The van der Waals surface area contributed by atoms with Crippen LogP contribution in [0.15, 0.2) is 43.0 Å². The Morgan fingerprint density at radius 1 is 1.33 bits per heavy atom. The van der Waals surface area contributed by atoms with Gasteiger partial charge in [-0.1, -0.05) is 31.2 Å². The number of hydrogen-bond acceptors (Lipinski definition) is 3. The van der Waals surface area contributed by atoms with Gasteiger partial charge >= 0.3 is 0 Å². The second-order valence-electron chi connectivity index (χ2n) is 5.46. The Hall–Kier alpha value is -1.87. The Bertz CT molecular complexity index is 604. The standard InChI is InChI=1S/C18H25N3/c1-5-11-21(14(3)4)18-12-15(13-19-6-2)20-17-10-8-7-9-16(17)18/h5,7-10,12,14,19H,1,6,11,13H2,2-4H3. The van der Waals surface area contributed by atoms with E-state index in [1.54, 1.807) is 0 Å². The van der Waals surface area contributed by atoms with Crippen LogP contribution in [0.3, 0.4) is 0 Å². The molecule has 1 N–H and O–H groups in total. The van der Waals surface area contributed by atoms with E-state index in [0.717, 1.165) is 30.8 Å². The molecular weight excluding hydrogens is 258 g/mol. The maximum absolute atomic E-state index is 4.76. The third kappa shape index (κ3) is 3.61. The molecule has 0 fully saturated rings. The first-order valence-electron chi connectivity index (χ1n) is 7.64. The fourth-order valence-electron chi connectivity index (χ4n) is 2.52. The summed E-state index contributed by atoms with van der Waals surface area (Å²) in [4.78, 5) is 7.13. The zero-order valence-corrected chi connectivity index (χ0v) is 13.3. The molecule has 0 aliphatic rings. The Balaban J connectivity index is 2.54. The first kappa shape index (κ1) is 15.5. The molecule has 0 radical (unpaired) electrons. The first-order valence-corrected chi connectivity index (χ1v) is 7.64. The number of nitrogens with one attached hydrogen (secondary N) is 1. The second kappa shape index (κ2) is 7.23. The first-order chi connectivity index (χ1) is 10.2. The maximum atomic E-state index is 4.76. The summed E-state index contributed by atoms with van der Waals surface area (Å²) in [5, 5.41) is 4.56. The molecule has 3 heteroatoms. The lowest BCUT2D eigenvalue weighted by Gasteiger charge is -2.29. The highest BCUT2D eigenvalue weighted by Gasteiger charge is 2.14. The van der Waals surface area contributed by atoms with Gasteiger partial charge in [0, 0.05) is 30.2 Å². The van der Waals surface area contributed by atoms with Crippen LogP contribution in [-0.4, -0.2) is 24.1 Å². The Morgan fingerprint density at radius 3 is 2.76 bits per heavy atom. The average Bonchev–Trinajstić information content (AvgIpc) is 2.49. The molecule has 0 unspecified atom stereocenters. The van der Waals surface area contributed by atoms with E-state index < -0.39 is 0 Å². The summed E-state index contributed by atoms with van der Waals surface area (Å²) in [6.45, 7) is 13.0. The minimum Gasteiger partial charge on any atom is -0.365 e. The highest BCUT2D eigenvalue weighted by atomic mass is 15.2. The van der Waals surface area contributed by atoms with Crippen LogP contribution in [-0.2, 0) is 6.54 Å². The molecule has 2 rings (SSSR count). The zero-order chi connectivity index (χ0) is 15.2. The monoisotopic (exact) mass is 283 g/mol. The molecule has 3 nitrogen and oxygen atoms in total. The normalized spacial score (nSPS) is 11.0. The Morgan fingerprint density at radius 2 is 2.10 bits per heavy atom. The molecule has 1 heterocycles. The molecule has 2 aromatic rings. The zero-order valence-electron chi connectivity index (χ0n) is 13.3. The van der Waals surface area contributed by atoms with Crippen LogP contribution >= 0.6 is 0 Å². The van der Waals surface area contributed by atoms with E-state index in [1.807, 2.05) is 12.1 Å². The number of hydrogen-bond donors (Lipinski definition) is 1. The van der Waals surface area contributed by atoms with Crippen molar-refractivity contribution < 1.29 is 0 Å². The van der Waals surface area contributed by atoms with Crippen molar-refractivity contribution in [1.82, 2.24) is 10.3 Å². The average molecular weight is 283 g/mol. The lowest BCUT2D eigenvalue weighted by molar-refractivity contribution is 0.705. The fraction of sp³-hybridized carbons (Fsp3) is 0.389. The van der Waals surface area contributed by atoms with E-state index >= 15 is 0 Å². The van der Waals surface area contributed by atoms with E-state index in [2.05, 4.69) is 61.8 Å². The summed E-state index contributed by atoms with van der Waals surface area (Å²) < 4.78 is 0. The molecule has 0 amide bonds. The highest BCUT2D eigenvalue weighted by molar-refractivity contribution is 5.92. The van der Waals surface area contributed by atoms with Crippen molar-refractivity contribution in [3.8, 4) is 0 Å². The molecule has 0 atom stereocenters. The van der Waals surface area contributed by atoms with E-state index in [0.29, 0.717) is 6.04 Å². The molecule has 0 aliphatic heterocycles. The highest BCUT2D eigenvalue weighted by Crippen LogP contribution is 2.28. The third-order valence-corrected chi connectivity index (χ3v) is 3.56. The minimum absolute atomic E-state index is 0.417. The number of anilines is 1. The smallest absolute Gasteiger partial charge is 0.0726 e. The van der Waals surface area contributed by atoms with E-state index in [4.69, 9.17) is 4.98 Å². The van der Waals surface area contributed by atoms with Crippen molar-refractivity contribution in [2.24, 2.45) is 0 Å². The molecular formula is C18H25N3. The number of nitrogens with zero attached hydrogens (tertiary/aromatic N) is 2. The van der Waals surface area contributed by atoms with Gasteiger partial charge in [-0.05, 0) is 32.5 Å². The maximum Gasteiger partial charge on any atom is 0.0726 e. The molecule has 21 heavy (non-hydrogen) atoms. The van der Waals surface area contributed by atoms with Gasteiger partial charge in [0.05, 0.1) is 11.2 Å². The second-order valence-corrected chi connectivity index (χ2v) is 5.46. The van der Waals surface area contributed by atoms with Crippen LogP contribution in [0.2, 0.25) is 0 Å². The van der Waals surface area contributed by atoms with Crippen LogP contribution < -0.4 is 10.2 Å². The van der Waals surface area contributed by atoms with E-state index in [9.17, 15) is 0 Å². The van der Waals surface area contributed by atoms with Gasteiger partial charge in [0.2, 0.25) is 0 Å². The number of para-hydroxylation sites is 1. The van der Waals surface area contributed by atoms with Gasteiger partial charge in [0.15, 0.2) is 0 Å². The number of benzene rings is 1. The van der Waals surface area contributed by atoms with Crippen LogP contribution in [0.1, 0.15) is 26.5 Å². The molecule has 0 saturated carbocycles. The minimum atomic E-state index is 0.417. The van der Waals surface area contributed by atoms with Crippen molar-refractivity contribution in [2.75, 3.05) is 18.0 Å². The third-order valence-electron chi connectivity index (χ3n) is 3.56. The quantitative estimate of drug-likeness (QED) is 0.785. The van der Waals surface area contributed by atoms with Gasteiger partial charge in [0.25, 0.3) is 0 Å². The van der Waals surface area contributed by atoms with Crippen molar-refractivity contribution >= 4 is 16.6 Å². The van der Waals surface area contributed by atoms with E-state index in [-0.39, 0.29) is 0 Å². The lowest BCUT2D eigenvalue weighted by atomic mass is 10.1. The van der Waals surface area contributed by atoms with Gasteiger partial charge in [0.1, 0.15) is 0 Å². The summed E-state index contributed by atoms with van der Waals surface area (Å²) in [5.74, 6) is 0. The summed E-state index contributed by atoms with van der Waals surface area (Å²) in [6.07, 6.45) is 1.96. The molecule has 0 spiro atoms. The van der Waals surface area contributed by atoms with Crippen LogP contribution in [0.25, 0.3) is 10.9 Å². The van der Waals surface area contributed by atoms with Gasteiger partial charge < -0.3 is 10.2 Å². The molecule has 1 aromatic heterocycles. The summed E-state index contributed by atoms with van der Waals surface area (Å²) in [5.41, 5.74) is 3.38. The number of pyridine rings is 1. The molecule has 112 valence electrons. The summed E-state index contributed by atoms with van der Waals surface area (Å²) in [6, 6.07) is 11.0. The van der Waals surface area contributed by atoms with Crippen molar-refractivity contribution in [3.05, 3.63) is 48.7 Å². The topological polar surface area (TPSA) is 28.2 Å². The predicted molar refractivity (Wildman–Crippen MR) is 91.8 cm³/mol. The lowest BCUT2D eigenvalue weighted by Crippen LogP contribution is -2.31. The Labute approximate surface area is 127 Å². The van der Waals surface area contributed by atoms with Gasteiger partial charge in [-0.15, -0.1) is 6.58 Å². The van der Waals surface area contributed by atoms with Gasteiger partial charge in [-0.2, -0.15) is 0 Å². The predicted octanol–water partition coefficient (Wildman–Crippen LogP) is 3.75. The molecule has 0 saturated heterocycles. The Kier molecular flexibility index (Phi) is 5.34. The fourth-order valence-corrected chi connectivity index (χ4v) is 2.52. The van der Waals surface area contributed by atoms with Crippen LogP contribution in [0, 0.1) is 0 Å². The van der Waals surface area contributed by atoms with Crippen LogP contribution in [0.4, 0.5) is 5.69 Å². The summed E-state index contributed by atoms with van der Waals surface area (Å²) in [7, 11) is 0. The van der Waals surface area contributed by atoms with Gasteiger partial charge in [-0.3, -0.25) is 4.98 Å². The largest absolute Gasteiger partial charge is 0.365 e. The van der Waals surface area contributed by atoms with Crippen LogP contribution in [0.5, 0.6) is 0 Å². The van der Waals surface area contributed by atoms with Gasteiger partial charge in [-0.25, -0.2) is 0 Å². The molecule has 0 aliphatic carbocycles. The number of aromatic nitrogens is 1. The van der Waals surface area contributed by atoms with E-state index in [1.165, 1.54) is 11.1 Å². The summed E-state index contributed by atoms with van der Waals surface area (Å²) >= 11 is 0. The van der Waals surface area contributed by atoms with Crippen molar-refractivity contribution in [2.45, 2.75) is 33.4 Å². The molecule has 0 bridgehead atoms.